The third kappa shape index (κ3) is 50.9. The van der Waals surface area contributed by atoms with Gasteiger partial charge in [-0.25, -0.2) is 58.0 Å². The molecule has 12 aromatic rings. The standard InChI is InChI=1S/3C8H10FN.C8H13N.3C7H11NO.3C6H9N3.2C6H9NO/c1-10-6-7-2-4-8(9)5-3-7;2*1-10-6-7-4-2-3-5-8(7)9;1-3-5-8-6-4-7-9(8)2;1-3-4-7-5-8-6(2)9-7;1-3-4-7-8-6(2)5-9-7;1-3-4-7-8-5-6(2)9-7;1-7-4-6-5-8-2-3-9-6;1-7-4-6-2-3-8-5-9-6;1-7-5-6-8-3-2-4-9-6;1-2-3-6-4-7-5-8-6;1-2-3-6-7-4-5-8-6/h3*2-5,10H,6H2,1H3;4,6-7H,3,5H2,1-2H3;3*5H,3-4H2,1-2H3;2*2-3,5,7H,4H2,1H3;2-4,7H,5H2,1H3;2*4-5H,2-3H2,1H3. The van der Waals surface area contributed by atoms with Crippen molar-refractivity contribution < 1.29 is 35.3 Å². The van der Waals surface area contributed by atoms with E-state index in [0.717, 1.165) is 160 Å². The predicted octanol–water partition coefficient (Wildman–Crippen LogP) is 16.3. The number of rotatable bonds is 24. The van der Waals surface area contributed by atoms with Crippen LogP contribution in [0.5, 0.6) is 0 Å². The fourth-order valence-electron chi connectivity index (χ4n) is 8.70. The molecule has 0 amide bonds. The van der Waals surface area contributed by atoms with Crippen LogP contribution in [0.2, 0.25) is 0 Å². The number of nitrogens with zero attached hydrogens (tertiary/aromatic N) is 12. The molecule has 6 N–H and O–H groups in total. The molecule has 0 spiro atoms. The van der Waals surface area contributed by atoms with Crippen LogP contribution in [0, 0.1) is 38.2 Å². The Bertz CT molecular complexity index is 3640. The molecule has 0 aliphatic rings. The first kappa shape index (κ1) is 96.8. The summed E-state index contributed by atoms with van der Waals surface area (Å²) in [5.74, 6) is 6.56. The molecule has 9 aromatic heterocycles. The van der Waals surface area contributed by atoms with Crippen LogP contribution in [0.4, 0.5) is 13.2 Å². The average Bonchev–Trinajstić information content (AvgIpc) is 1.80. The molecule has 0 fully saturated rings. The minimum atomic E-state index is -0.181. The number of nitrogens with one attached hydrogen (secondary N) is 6. The van der Waals surface area contributed by atoms with E-state index in [0.29, 0.717) is 24.2 Å². The summed E-state index contributed by atoms with van der Waals surface area (Å²) in [5, 5.41) is 17.7. The summed E-state index contributed by atoms with van der Waals surface area (Å²) < 4.78 is 65.4. The third-order valence-corrected chi connectivity index (χ3v) is 13.8. The van der Waals surface area contributed by atoms with Crippen molar-refractivity contribution in [1.82, 2.24) is 91.3 Å². The molecule has 0 unspecified atom stereocenters. The molecule has 0 atom stereocenters. The fraction of sp³-hybridized carbons (Fsp3) is 0.410. The van der Waals surface area contributed by atoms with Gasteiger partial charge in [0.25, 0.3) is 0 Å². The van der Waals surface area contributed by atoms with Gasteiger partial charge in [0.15, 0.2) is 30.0 Å². The first-order valence-electron chi connectivity index (χ1n) is 36.9. The van der Waals surface area contributed by atoms with Crippen molar-refractivity contribution in [3.63, 3.8) is 0 Å². The van der Waals surface area contributed by atoms with Gasteiger partial charge in [0, 0.05) is 139 Å². The quantitative estimate of drug-likeness (QED) is 0.0328. The average molecular weight is 1510 g/mol. The minimum Gasteiger partial charge on any atom is -0.449 e. The maximum atomic E-state index is 12.7. The lowest BCUT2D eigenvalue weighted by atomic mass is 10.2. The third-order valence-electron chi connectivity index (χ3n) is 13.8. The fourth-order valence-corrected chi connectivity index (χ4v) is 8.70. The summed E-state index contributed by atoms with van der Waals surface area (Å²) in [5.41, 5.74) is 6.92. The highest BCUT2D eigenvalue weighted by Gasteiger charge is 2.01. The van der Waals surface area contributed by atoms with Crippen LogP contribution in [-0.2, 0) is 84.8 Å². The summed E-state index contributed by atoms with van der Waals surface area (Å²) in [4.78, 5) is 43.6. The SMILES string of the molecule is CCCc1cccn1C.CCCc1cnc(C)o1.CCCc1cnco1.CCCc1nc(C)co1.CCCc1ncc(C)o1.CCCc1ncco1.CNCc1ccc(F)cc1.CNCc1ccccc1F.CNCc1ccccc1F.CNCc1ccncn1.CNCc1cnccn1.CNCc1ncccn1. The first-order valence-corrected chi connectivity index (χ1v) is 36.9. The Labute approximate surface area is 645 Å². The van der Waals surface area contributed by atoms with E-state index in [1.807, 2.05) is 67.2 Å². The zero-order valence-corrected chi connectivity index (χ0v) is 67.2. The minimum absolute atomic E-state index is 0.142. The lowest BCUT2D eigenvalue weighted by Crippen LogP contribution is -2.07. The zero-order valence-electron chi connectivity index (χ0n) is 67.2. The Balaban J connectivity index is 0.000000595. The molecule has 0 saturated heterocycles. The molecular weight excluding hydrogens is 1390 g/mol. The van der Waals surface area contributed by atoms with E-state index in [1.165, 1.54) is 49.2 Å². The van der Waals surface area contributed by atoms with Crippen LogP contribution in [0.25, 0.3) is 0 Å². The van der Waals surface area contributed by atoms with Gasteiger partial charge in [-0.15, -0.1) is 0 Å². The molecule has 594 valence electrons. The van der Waals surface area contributed by atoms with Crippen molar-refractivity contribution in [1.29, 1.82) is 0 Å². The second kappa shape index (κ2) is 66.0. The van der Waals surface area contributed by atoms with Gasteiger partial charge >= 0.3 is 0 Å². The Kier molecular flexibility index (Phi) is 58.6. The molecule has 12 rings (SSSR count). The van der Waals surface area contributed by atoms with Gasteiger partial charge in [0.2, 0.25) is 0 Å². The van der Waals surface area contributed by atoms with Gasteiger partial charge < -0.3 is 58.6 Å². The van der Waals surface area contributed by atoms with Crippen LogP contribution in [0.3, 0.4) is 0 Å². The summed E-state index contributed by atoms with van der Waals surface area (Å²) >= 11 is 0. The Morgan fingerprint density at radius 3 is 1.46 bits per heavy atom. The van der Waals surface area contributed by atoms with Gasteiger partial charge in [0.05, 0.1) is 48.4 Å². The second-order valence-electron chi connectivity index (χ2n) is 23.7. The van der Waals surface area contributed by atoms with Crippen molar-refractivity contribution in [2.24, 2.45) is 7.05 Å². The van der Waals surface area contributed by atoms with Crippen LogP contribution < -0.4 is 31.9 Å². The highest BCUT2D eigenvalue weighted by Crippen LogP contribution is 2.09. The van der Waals surface area contributed by atoms with Gasteiger partial charge in [-0.05, 0) is 149 Å². The van der Waals surface area contributed by atoms with E-state index in [9.17, 15) is 13.2 Å². The molecule has 0 saturated carbocycles. The number of aryl methyl sites for hydroxylation is 10. The van der Waals surface area contributed by atoms with Crippen LogP contribution in [0.15, 0.2) is 213 Å². The van der Waals surface area contributed by atoms with Crippen molar-refractivity contribution in [3.05, 3.63) is 294 Å². The molecule has 3 aromatic carbocycles. The van der Waals surface area contributed by atoms with Crippen molar-refractivity contribution >= 4 is 0 Å². The summed E-state index contributed by atoms with van der Waals surface area (Å²) in [6.07, 6.45) is 38.5. The molecule has 23 nitrogen and oxygen atoms in total. The van der Waals surface area contributed by atoms with Crippen LogP contribution in [-0.4, -0.2) is 102 Å². The number of hydrogen-bond acceptors (Lipinski definition) is 22. The summed E-state index contributed by atoms with van der Waals surface area (Å²) in [6, 6.07) is 27.9. The lowest BCUT2D eigenvalue weighted by molar-refractivity contribution is 0.468. The van der Waals surface area contributed by atoms with Gasteiger partial charge in [-0.3, -0.25) is 9.97 Å². The summed E-state index contributed by atoms with van der Waals surface area (Å²) in [7, 11) is 13.2. The Morgan fingerprint density at radius 2 is 1.00 bits per heavy atom. The molecule has 9 heterocycles. The van der Waals surface area contributed by atoms with Gasteiger partial charge in [0.1, 0.15) is 59.4 Å². The Hall–Kier alpha value is -10.2. The summed E-state index contributed by atoms with van der Waals surface area (Å²) in [6.45, 7) is 22.8. The van der Waals surface area contributed by atoms with Gasteiger partial charge in [-0.1, -0.05) is 96.5 Å². The predicted molar refractivity (Wildman–Crippen MR) is 428 cm³/mol. The molecule has 0 aliphatic heterocycles. The number of benzene rings is 3. The van der Waals surface area contributed by atoms with E-state index < -0.39 is 0 Å². The highest BCUT2D eigenvalue weighted by molar-refractivity contribution is 5.18. The Morgan fingerprint density at radius 1 is 0.413 bits per heavy atom. The lowest BCUT2D eigenvalue weighted by Gasteiger charge is -1.99. The number of halogens is 3. The zero-order chi connectivity index (χ0) is 80.2. The molecule has 0 bridgehead atoms. The van der Waals surface area contributed by atoms with E-state index >= 15 is 0 Å². The van der Waals surface area contributed by atoms with Crippen LogP contribution in [0.1, 0.15) is 166 Å². The maximum absolute atomic E-state index is 12.7. The van der Waals surface area contributed by atoms with Gasteiger partial charge in [-0.2, -0.15) is 0 Å². The molecule has 26 heteroatoms. The van der Waals surface area contributed by atoms with Crippen LogP contribution >= 0.6 is 0 Å². The number of aromatic nitrogens is 12. The van der Waals surface area contributed by atoms with E-state index in [-0.39, 0.29) is 17.5 Å². The molecular formula is C83H121F3N18O5. The second-order valence-corrected chi connectivity index (χ2v) is 23.7. The smallest absolute Gasteiger partial charge is 0.194 e. The molecule has 109 heavy (non-hydrogen) atoms. The highest BCUT2D eigenvalue weighted by atomic mass is 19.1. The number of hydrogen-bond donors (Lipinski definition) is 6. The largest absolute Gasteiger partial charge is 0.449 e. The monoisotopic (exact) mass is 1510 g/mol. The first-order chi connectivity index (χ1) is 53.0. The van der Waals surface area contributed by atoms with E-state index in [2.05, 4.69) is 158 Å². The van der Waals surface area contributed by atoms with Crippen molar-refractivity contribution in [2.75, 3.05) is 42.3 Å². The molecule has 0 aliphatic carbocycles. The van der Waals surface area contributed by atoms with E-state index in [1.54, 1.807) is 137 Å². The van der Waals surface area contributed by atoms with E-state index in [4.69, 9.17) is 22.1 Å². The topological polar surface area (TPSA) is 285 Å². The van der Waals surface area contributed by atoms with Crippen molar-refractivity contribution in [3.8, 4) is 0 Å². The maximum Gasteiger partial charge on any atom is 0.194 e. The van der Waals surface area contributed by atoms with Crippen molar-refractivity contribution in [2.45, 2.75) is 179 Å². The normalized spacial score (nSPS) is 9.75. The molecule has 0 radical (unpaired) electrons. The number of oxazole rings is 5.